The topological polar surface area (TPSA) is 349 Å². The standard InChI is InChI=1S/C85H124N14O11S2/c1-60(2)47-70-52-97(55-75(101)88-45-41-74(100)95-73(83(87)109)30-18-20-44-89-85(111)94-68-27-15-8-16-28-68)81(107)42-46-112-59-66-33-37-67(38-34-66)84(110)93-71(48-61(3)4)53-99(82(108)50-65-31-32-65)58-76(102)90-69(29-17-19-43-86)51-96(79(105)39-35-62-21-9-5-10-22-62)56-78(104)92-72(49-64-25-13-7-14-26-64)54-98(57-77(103)91-70)80(106)40-36-63-23-11-6-12-24-63/h5,7-10,13-16,21-22,25-28,33-34,37-38,60-61,63,65,69-73H,6,11-12,17-20,23-24,29-32,35-36,39-59,86H2,1-4H3,(H2,87,109)(H,88,101)(H,90,102)(H,91,103)(H,92,104)(H,93,110)(H,95,100)(H2,89,94,111)/t69-,70-,71-,72-,73-/m0/s1. The fourth-order valence-electron chi connectivity index (χ4n) is 14.4. The third-order valence-electron chi connectivity index (χ3n) is 20.4. The summed E-state index contributed by atoms with van der Waals surface area (Å²) < 4.78 is 0. The van der Waals surface area contributed by atoms with Gasteiger partial charge in [0.05, 0.1) is 32.2 Å². The molecule has 12 N–H and O–H groups in total. The van der Waals surface area contributed by atoms with Gasteiger partial charge in [0, 0.05) is 112 Å². The molecule has 2 heterocycles. The van der Waals surface area contributed by atoms with E-state index >= 15 is 9.59 Å². The molecule has 612 valence electrons. The van der Waals surface area contributed by atoms with Crippen molar-refractivity contribution in [2.75, 3.05) is 83.1 Å². The van der Waals surface area contributed by atoms with Crippen LogP contribution < -0.4 is 54.0 Å². The van der Waals surface area contributed by atoms with Crippen molar-refractivity contribution in [3.63, 3.8) is 0 Å². The number of nitrogens with one attached hydrogen (secondary N) is 8. The highest BCUT2D eigenvalue weighted by atomic mass is 32.2. The quantitative estimate of drug-likeness (QED) is 0.0129. The molecule has 2 aliphatic heterocycles. The molecule has 2 aliphatic carbocycles. The predicted molar refractivity (Wildman–Crippen MR) is 444 cm³/mol. The SMILES string of the molecule is CC(C)C[C@H]1CN(CC(=O)NCCC(=O)N[C@@H](CCCCNC(=S)Nc2ccccc2)C(N)=O)C(=O)CCSCc2ccc(cc2)C(=O)N[C@@H](CC(C)C)CN(C(=O)CC2CC2)CC(=O)N[C@@H](CCCCN)CN(C(=O)CCc2ccccc2)CC(=O)N[C@@H](Cc2ccccc2)CN(C(=O)CCC2CCCCC2)CC(=O)N1. The van der Waals surface area contributed by atoms with E-state index in [1.165, 1.54) is 31.4 Å². The van der Waals surface area contributed by atoms with Gasteiger partial charge in [0.1, 0.15) is 6.04 Å². The lowest BCUT2D eigenvalue weighted by Gasteiger charge is -2.33. The number of hydrogen-bond donors (Lipinski definition) is 10. The van der Waals surface area contributed by atoms with E-state index in [1.54, 1.807) is 12.1 Å². The molecule has 0 radical (unpaired) electrons. The lowest BCUT2D eigenvalue weighted by Crippen LogP contribution is -2.55. The molecule has 0 aromatic heterocycles. The van der Waals surface area contributed by atoms with Crippen LogP contribution in [-0.2, 0) is 66.5 Å². The molecule has 4 aliphatic rings. The number of nitrogens with zero attached hydrogens (tertiary/aromatic N) is 4. The van der Waals surface area contributed by atoms with Crippen LogP contribution in [0, 0.1) is 23.7 Å². The van der Waals surface area contributed by atoms with E-state index in [0.717, 1.165) is 67.3 Å². The molecule has 25 nitrogen and oxygen atoms in total. The normalized spacial score (nSPS) is 19.1. The lowest BCUT2D eigenvalue weighted by molar-refractivity contribution is -0.139. The Hall–Kier alpha value is -8.95. The van der Waals surface area contributed by atoms with Gasteiger partial charge in [0.2, 0.25) is 59.1 Å². The van der Waals surface area contributed by atoms with Crippen LogP contribution in [0.2, 0.25) is 0 Å². The first kappa shape index (κ1) is 90.2. The lowest BCUT2D eigenvalue weighted by atomic mass is 9.86. The molecule has 2 bridgehead atoms. The van der Waals surface area contributed by atoms with Crippen molar-refractivity contribution in [3.05, 3.63) is 138 Å². The van der Waals surface area contributed by atoms with Gasteiger partial charge < -0.3 is 73.6 Å². The molecule has 11 amide bonds. The molecule has 4 aromatic carbocycles. The molecule has 4 aromatic rings. The number of benzene rings is 4. The van der Waals surface area contributed by atoms with Crippen molar-refractivity contribution in [3.8, 4) is 0 Å². The zero-order valence-corrected chi connectivity index (χ0v) is 68.0. The van der Waals surface area contributed by atoms with Crippen molar-refractivity contribution < 1.29 is 52.7 Å². The number of nitrogens with two attached hydrogens (primary N) is 2. The van der Waals surface area contributed by atoms with Gasteiger partial charge >= 0.3 is 0 Å². The minimum Gasteiger partial charge on any atom is -0.368 e. The number of unbranched alkanes of at least 4 members (excludes halogenated alkanes) is 2. The molecule has 2 fully saturated rings. The smallest absolute Gasteiger partial charge is 0.251 e. The Morgan fingerprint density at radius 1 is 0.562 bits per heavy atom. The molecular formula is C85H124N14O11S2. The highest BCUT2D eigenvalue weighted by Gasteiger charge is 2.34. The van der Waals surface area contributed by atoms with Crippen LogP contribution in [-0.4, -0.2) is 198 Å². The highest BCUT2D eigenvalue weighted by molar-refractivity contribution is 7.98. The Balaban J connectivity index is 1.17. The van der Waals surface area contributed by atoms with E-state index in [0.29, 0.717) is 99.0 Å². The molecule has 5 atom stereocenters. The summed E-state index contributed by atoms with van der Waals surface area (Å²) >= 11 is 6.89. The number of hydrogen-bond acceptors (Lipinski definition) is 14. The minimum absolute atomic E-state index is 0.00311. The van der Waals surface area contributed by atoms with Crippen LogP contribution in [0.5, 0.6) is 0 Å². The number of primary amides is 1. The van der Waals surface area contributed by atoms with Gasteiger partial charge in [0.15, 0.2) is 5.11 Å². The molecule has 0 unspecified atom stereocenters. The second-order valence-corrected chi connectivity index (χ2v) is 32.8. The summed E-state index contributed by atoms with van der Waals surface area (Å²) in [6.45, 7) is 6.97. The predicted octanol–water partition coefficient (Wildman–Crippen LogP) is 8.08. The molecule has 0 spiro atoms. The number of rotatable bonds is 31. The van der Waals surface area contributed by atoms with Crippen molar-refractivity contribution in [1.82, 2.24) is 56.8 Å². The van der Waals surface area contributed by atoms with Gasteiger partial charge in [-0.1, -0.05) is 157 Å². The Morgan fingerprint density at radius 2 is 1.13 bits per heavy atom. The number of aryl methyl sites for hydroxylation is 1. The molecule has 2 saturated carbocycles. The average Bonchev–Trinajstić information content (AvgIpc) is 1.61. The first-order valence-electron chi connectivity index (χ1n) is 40.6. The van der Waals surface area contributed by atoms with Crippen LogP contribution in [0.4, 0.5) is 5.69 Å². The summed E-state index contributed by atoms with van der Waals surface area (Å²) in [4.78, 5) is 164. The Kier molecular flexibility index (Phi) is 39.9. The highest BCUT2D eigenvalue weighted by Crippen LogP contribution is 2.33. The van der Waals surface area contributed by atoms with E-state index < -0.39 is 85.3 Å². The molecule has 8 rings (SSSR count). The number of fused-ring (bicyclic) bond motifs is 29. The second-order valence-electron chi connectivity index (χ2n) is 31.3. The average molecular weight is 1580 g/mol. The van der Waals surface area contributed by atoms with Gasteiger partial charge in [-0.05, 0) is 160 Å². The van der Waals surface area contributed by atoms with Crippen LogP contribution in [0.15, 0.2) is 115 Å². The molecular weight excluding hydrogens is 1460 g/mol. The van der Waals surface area contributed by atoms with Crippen molar-refractivity contribution in [1.29, 1.82) is 0 Å². The fourth-order valence-corrected chi connectivity index (χ4v) is 15.5. The largest absolute Gasteiger partial charge is 0.368 e. The van der Waals surface area contributed by atoms with E-state index in [4.69, 9.17) is 23.7 Å². The number of para-hydroxylation sites is 1. The number of thioether (sulfide) groups is 1. The maximum absolute atomic E-state index is 15.1. The molecule has 112 heavy (non-hydrogen) atoms. The van der Waals surface area contributed by atoms with Gasteiger partial charge in [-0.15, -0.1) is 0 Å². The summed E-state index contributed by atoms with van der Waals surface area (Å²) in [7, 11) is 0. The maximum Gasteiger partial charge on any atom is 0.251 e. The first-order valence-corrected chi connectivity index (χ1v) is 42.2. The van der Waals surface area contributed by atoms with Gasteiger partial charge in [-0.25, -0.2) is 0 Å². The summed E-state index contributed by atoms with van der Waals surface area (Å²) in [5.74, 6) is -3.49. The first-order chi connectivity index (χ1) is 53.9. The third-order valence-corrected chi connectivity index (χ3v) is 21.7. The zero-order valence-electron chi connectivity index (χ0n) is 66.4. The van der Waals surface area contributed by atoms with Crippen LogP contribution in [0.1, 0.15) is 190 Å². The van der Waals surface area contributed by atoms with Gasteiger partial charge in [-0.3, -0.25) is 52.7 Å². The monoisotopic (exact) mass is 1580 g/mol. The summed E-state index contributed by atoms with van der Waals surface area (Å²) in [6.07, 6.45) is 12.4. The van der Waals surface area contributed by atoms with Crippen molar-refractivity contribution in [2.45, 2.75) is 211 Å². The van der Waals surface area contributed by atoms with E-state index in [2.05, 4.69) is 42.5 Å². The number of thiocarbonyl (C=S) groups is 1. The minimum atomic E-state index is -0.960. The van der Waals surface area contributed by atoms with Crippen LogP contribution >= 0.6 is 24.0 Å². The van der Waals surface area contributed by atoms with Crippen molar-refractivity contribution >= 4 is 99.8 Å². The van der Waals surface area contributed by atoms with E-state index in [9.17, 15) is 43.2 Å². The van der Waals surface area contributed by atoms with Crippen LogP contribution in [0.25, 0.3) is 0 Å². The van der Waals surface area contributed by atoms with Crippen LogP contribution in [0.3, 0.4) is 0 Å². The summed E-state index contributed by atoms with van der Waals surface area (Å²) in [5, 5.41) is 24.9. The maximum atomic E-state index is 15.1. The second kappa shape index (κ2) is 49.5. The number of amides is 11. The summed E-state index contributed by atoms with van der Waals surface area (Å²) in [6, 6.07) is 31.9. The van der Waals surface area contributed by atoms with E-state index in [1.807, 2.05) is 131 Å². The zero-order chi connectivity index (χ0) is 80.6. The van der Waals surface area contributed by atoms with E-state index in [-0.39, 0.29) is 132 Å². The fraction of sp³-hybridized carbons (Fsp3) is 0.576. The Labute approximate surface area is 672 Å². The summed E-state index contributed by atoms with van der Waals surface area (Å²) in [5.41, 5.74) is 15.6. The molecule has 0 saturated heterocycles. The number of carbonyl (C=O) groups excluding carboxylic acids is 11. The van der Waals surface area contributed by atoms with Crippen molar-refractivity contribution in [2.24, 2.45) is 35.1 Å². The number of carbonyl (C=O) groups is 11. The Morgan fingerprint density at radius 3 is 1.75 bits per heavy atom. The van der Waals surface area contributed by atoms with Gasteiger partial charge in [0.25, 0.3) is 5.91 Å². The van der Waals surface area contributed by atoms with Gasteiger partial charge in [-0.2, -0.15) is 11.8 Å². The molecule has 27 heteroatoms. The third kappa shape index (κ3) is 35.8. The Bertz CT molecular complexity index is 3630. The number of anilines is 1.